The Balaban J connectivity index is 1.49. The Morgan fingerprint density at radius 1 is 1.03 bits per heavy atom. The summed E-state index contributed by atoms with van der Waals surface area (Å²) in [5.74, 6) is 1.43. The van der Waals surface area contributed by atoms with Gasteiger partial charge in [-0.05, 0) is 57.1 Å². The molecule has 170 valence electrons. The standard InChI is InChI=1S/C24H41N3O3/c1-26-12-7-13-27(15-14-26)18-22(28)19-30-24-16-20(10-11-23(24)29-2)17-25-21-8-5-3-4-6-9-21/h10-11,16,21-22,25,28H,3-9,12-15,17-19H2,1-2H3. The summed E-state index contributed by atoms with van der Waals surface area (Å²) >= 11 is 0. The quantitative estimate of drug-likeness (QED) is 0.601. The van der Waals surface area contributed by atoms with E-state index in [1.165, 1.54) is 44.1 Å². The number of aliphatic hydroxyl groups excluding tert-OH is 1. The van der Waals surface area contributed by atoms with E-state index in [0.717, 1.165) is 44.9 Å². The fourth-order valence-corrected chi connectivity index (χ4v) is 4.51. The number of aliphatic hydroxyl groups is 1. The molecule has 1 aliphatic heterocycles. The Bertz CT molecular complexity index is 620. The number of likely N-dealkylation sites (N-methyl/N-ethyl adjacent to an activating group) is 1. The maximum atomic E-state index is 10.5. The van der Waals surface area contributed by atoms with Gasteiger partial charge in [-0.15, -0.1) is 0 Å². The number of ether oxygens (including phenoxy) is 2. The lowest BCUT2D eigenvalue weighted by Crippen LogP contribution is -2.37. The smallest absolute Gasteiger partial charge is 0.161 e. The molecule has 1 unspecified atom stereocenters. The fraction of sp³-hybridized carbons (Fsp3) is 0.750. The van der Waals surface area contributed by atoms with E-state index < -0.39 is 6.10 Å². The van der Waals surface area contributed by atoms with Crippen LogP contribution in [0.2, 0.25) is 0 Å². The van der Waals surface area contributed by atoms with Crippen LogP contribution in [0.25, 0.3) is 0 Å². The Hall–Kier alpha value is -1.34. The average molecular weight is 420 g/mol. The monoisotopic (exact) mass is 419 g/mol. The normalized spacial score (nSPS) is 21.0. The Labute approximate surface area is 182 Å². The van der Waals surface area contributed by atoms with Gasteiger partial charge in [-0.2, -0.15) is 0 Å². The summed E-state index contributed by atoms with van der Waals surface area (Å²) in [6, 6.07) is 6.74. The minimum Gasteiger partial charge on any atom is -0.493 e. The predicted octanol–water partition coefficient (Wildman–Crippen LogP) is 2.88. The van der Waals surface area contributed by atoms with E-state index in [9.17, 15) is 5.11 Å². The molecule has 2 fully saturated rings. The molecular formula is C24H41N3O3. The summed E-state index contributed by atoms with van der Waals surface area (Å²) in [6.45, 7) is 5.99. The van der Waals surface area contributed by atoms with Crippen molar-refractivity contribution >= 4 is 0 Å². The van der Waals surface area contributed by atoms with Gasteiger partial charge in [0.2, 0.25) is 0 Å². The van der Waals surface area contributed by atoms with E-state index in [4.69, 9.17) is 9.47 Å². The van der Waals surface area contributed by atoms with Gasteiger partial charge in [-0.25, -0.2) is 0 Å². The maximum absolute atomic E-state index is 10.5. The summed E-state index contributed by atoms with van der Waals surface area (Å²) in [5, 5.41) is 14.2. The lowest BCUT2D eigenvalue weighted by molar-refractivity contribution is 0.0685. The largest absolute Gasteiger partial charge is 0.493 e. The number of nitrogens with zero attached hydrogens (tertiary/aromatic N) is 2. The maximum Gasteiger partial charge on any atom is 0.161 e. The number of β-amino-alcohol motifs (C(OH)–C–C–N with tert-alkyl or cyclic N) is 1. The van der Waals surface area contributed by atoms with Crippen LogP contribution in [0.1, 0.15) is 50.5 Å². The molecule has 0 bridgehead atoms. The lowest BCUT2D eigenvalue weighted by Gasteiger charge is -2.23. The summed E-state index contributed by atoms with van der Waals surface area (Å²) < 4.78 is 11.5. The van der Waals surface area contributed by atoms with Crippen LogP contribution in [0.15, 0.2) is 18.2 Å². The molecule has 1 heterocycles. The van der Waals surface area contributed by atoms with Crippen molar-refractivity contribution in [2.75, 3.05) is 53.5 Å². The molecule has 0 amide bonds. The molecule has 1 atom stereocenters. The molecule has 2 aliphatic rings. The van der Waals surface area contributed by atoms with E-state index in [-0.39, 0.29) is 6.61 Å². The van der Waals surface area contributed by atoms with Gasteiger partial charge >= 0.3 is 0 Å². The second-order valence-corrected chi connectivity index (χ2v) is 8.98. The van der Waals surface area contributed by atoms with Crippen molar-refractivity contribution in [2.24, 2.45) is 0 Å². The number of nitrogens with one attached hydrogen (secondary N) is 1. The third kappa shape index (κ3) is 7.73. The van der Waals surface area contributed by atoms with E-state index in [1.807, 2.05) is 6.07 Å². The van der Waals surface area contributed by atoms with Crippen LogP contribution >= 0.6 is 0 Å². The minimum absolute atomic E-state index is 0.280. The molecule has 1 aliphatic carbocycles. The first-order valence-corrected chi connectivity index (χ1v) is 11.8. The van der Waals surface area contributed by atoms with E-state index in [2.05, 4.69) is 34.3 Å². The van der Waals surface area contributed by atoms with Crippen LogP contribution in [0, 0.1) is 0 Å². The molecule has 1 saturated carbocycles. The first-order chi connectivity index (χ1) is 14.6. The van der Waals surface area contributed by atoms with Crippen molar-refractivity contribution in [3.8, 4) is 11.5 Å². The summed E-state index contributed by atoms with van der Waals surface area (Å²) in [4.78, 5) is 4.68. The molecule has 6 heteroatoms. The predicted molar refractivity (Wildman–Crippen MR) is 121 cm³/mol. The highest BCUT2D eigenvalue weighted by atomic mass is 16.5. The SMILES string of the molecule is COc1ccc(CNC2CCCCCC2)cc1OCC(O)CN1CCCN(C)CC1. The van der Waals surface area contributed by atoms with E-state index in [1.54, 1.807) is 7.11 Å². The van der Waals surface area contributed by atoms with E-state index >= 15 is 0 Å². The first kappa shape index (κ1) is 23.3. The highest BCUT2D eigenvalue weighted by Crippen LogP contribution is 2.28. The number of rotatable bonds is 9. The molecule has 30 heavy (non-hydrogen) atoms. The van der Waals surface area contributed by atoms with Crippen molar-refractivity contribution in [1.82, 2.24) is 15.1 Å². The average Bonchev–Trinajstić information content (AvgIpc) is 3.13. The van der Waals surface area contributed by atoms with E-state index in [0.29, 0.717) is 18.3 Å². The third-order valence-corrected chi connectivity index (χ3v) is 6.39. The first-order valence-electron chi connectivity index (χ1n) is 11.8. The van der Waals surface area contributed by atoms with Gasteiger partial charge in [0.15, 0.2) is 11.5 Å². The molecule has 0 aromatic heterocycles. The van der Waals surface area contributed by atoms with Crippen LogP contribution in [-0.4, -0.2) is 80.5 Å². The zero-order valence-electron chi connectivity index (χ0n) is 18.9. The van der Waals surface area contributed by atoms with Crippen LogP contribution < -0.4 is 14.8 Å². The molecule has 1 aromatic carbocycles. The van der Waals surface area contributed by atoms with Gasteiger partial charge in [-0.1, -0.05) is 31.7 Å². The van der Waals surface area contributed by atoms with Crippen LogP contribution in [0.4, 0.5) is 0 Å². The summed E-state index contributed by atoms with van der Waals surface area (Å²) in [5.41, 5.74) is 1.19. The molecule has 3 rings (SSSR count). The van der Waals surface area contributed by atoms with Gasteiger partial charge in [0, 0.05) is 32.2 Å². The fourth-order valence-electron chi connectivity index (χ4n) is 4.51. The molecular weight excluding hydrogens is 378 g/mol. The van der Waals surface area contributed by atoms with Crippen molar-refractivity contribution in [3.63, 3.8) is 0 Å². The number of hydrogen-bond acceptors (Lipinski definition) is 6. The van der Waals surface area contributed by atoms with Crippen LogP contribution in [0.5, 0.6) is 11.5 Å². The molecule has 1 aromatic rings. The van der Waals surface area contributed by atoms with Gasteiger partial charge < -0.3 is 24.8 Å². The second-order valence-electron chi connectivity index (χ2n) is 8.98. The van der Waals surface area contributed by atoms with Crippen LogP contribution in [-0.2, 0) is 6.54 Å². The summed E-state index contributed by atoms with van der Waals surface area (Å²) in [6.07, 6.45) is 8.60. The van der Waals surface area contributed by atoms with Crippen molar-refractivity contribution < 1.29 is 14.6 Å². The Morgan fingerprint density at radius 2 is 1.83 bits per heavy atom. The Morgan fingerprint density at radius 3 is 2.60 bits per heavy atom. The van der Waals surface area contributed by atoms with Gasteiger partial charge in [0.05, 0.1) is 7.11 Å². The van der Waals surface area contributed by atoms with Crippen molar-refractivity contribution in [2.45, 2.75) is 63.6 Å². The zero-order valence-corrected chi connectivity index (χ0v) is 18.9. The second kappa shape index (κ2) is 12.5. The number of hydrogen-bond donors (Lipinski definition) is 2. The van der Waals surface area contributed by atoms with Crippen molar-refractivity contribution in [3.05, 3.63) is 23.8 Å². The molecule has 1 saturated heterocycles. The Kier molecular flexibility index (Phi) is 9.72. The zero-order chi connectivity index (χ0) is 21.2. The number of methoxy groups -OCH3 is 1. The molecule has 2 N–H and O–H groups in total. The van der Waals surface area contributed by atoms with Gasteiger partial charge in [0.1, 0.15) is 12.7 Å². The van der Waals surface area contributed by atoms with Gasteiger partial charge in [-0.3, -0.25) is 4.90 Å². The highest BCUT2D eigenvalue weighted by Gasteiger charge is 2.17. The molecule has 0 radical (unpaired) electrons. The minimum atomic E-state index is -0.508. The van der Waals surface area contributed by atoms with Crippen molar-refractivity contribution in [1.29, 1.82) is 0 Å². The van der Waals surface area contributed by atoms with Crippen LogP contribution in [0.3, 0.4) is 0 Å². The summed E-state index contributed by atoms with van der Waals surface area (Å²) in [7, 11) is 3.82. The topological polar surface area (TPSA) is 57.2 Å². The molecule has 0 spiro atoms. The molecule has 6 nitrogen and oxygen atoms in total. The highest BCUT2D eigenvalue weighted by molar-refractivity contribution is 5.43. The van der Waals surface area contributed by atoms with Gasteiger partial charge in [0.25, 0.3) is 0 Å². The lowest BCUT2D eigenvalue weighted by atomic mass is 10.1. The third-order valence-electron chi connectivity index (χ3n) is 6.39. The number of benzene rings is 1.